The summed E-state index contributed by atoms with van der Waals surface area (Å²) in [5.74, 6) is 0.165. The number of aryl methyl sites for hydroxylation is 1. The minimum atomic E-state index is 0.165. The fraction of sp³-hybridized carbons (Fsp3) is 0.500. The van der Waals surface area contributed by atoms with Crippen LogP contribution >= 0.6 is 0 Å². The predicted octanol–water partition coefficient (Wildman–Crippen LogP) is 0.890. The molecule has 1 aliphatic heterocycles. The molecular formula is C14H20N2O2. The maximum absolute atomic E-state index is 11.7. The highest BCUT2D eigenvalue weighted by molar-refractivity contribution is 5.82. The zero-order valence-corrected chi connectivity index (χ0v) is 10.8. The summed E-state index contributed by atoms with van der Waals surface area (Å²) in [5, 5.41) is 8.93. The molecule has 1 aromatic rings. The van der Waals surface area contributed by atoms with E-state index in [2.05, 4.69) is 17.0 Å². The lowest BCUT2D eigenvalue weighted by Gasteiger charge is -2.34. The molecule has 1 heterocycles. The molecule has 0 aromatic heterocycles. The number of hydrogen-bond donors (Lipinski definition) is 1. The quantitative estimate of drug-likeness (QED) is 0.860. The first-order valence-electron chi connectivity index (χ1n) is 6.40. The third-order valence-corrected chi connectivity index (χ3v) is 3.39. The maximum atomic E-state index is 11.7. The number of carbonyl (C=O) groups is 1. The summed E-state index contributed by atoms with van der Waals surface area (Å²) >= 11 is 0. The van der Waals surface area contributed by atoms with E-state index in [1.807, 2.05) is 19.2 Å². The number of para-hydroxylation sites is 1. The van der Waals surface area contributed by atoms with E-state index in [0.29, 0.717) is 6.54 Å². The molecule has 1 N–H and O–H groups in total. The van der Waals surface area contributed by atoms with Gasteiger partial charge in [0.1, 0.15) is 0 Å². The number of likely N-dealkylation sites (N-methyl/N-ethyl adjacent to an activating group) is 1. The van der Waals surface area contributed by atoms with E-state index < -0.39 is 0 Å². The Kier molecular flexibility index (Phi) is 4.20. The Morgan fingerprint density at radius 3 is 2.78 bits per heavy atom. The third-order valence-electron chi connectivity index (χ3n) is 3.39. The highest BCUT2D eigenvalue weighted by Crippen LogP contribution is 2.23. The van der Waals surface area contributed by atoms with Crippen molar-refractivity contribution in [1.29, 1.82) is 0 Å². The number of carbonyl (C=O) groups excluding carboxylic acids is 1. The van der Waals surface area contributed by atoms with Gasteiger partial charge in [-0.1, -0.05) is 18.2 Å². The second-order valence-corrected chi connectivity index (χ2v) is 4.69. The minimum Gasteiger partial charge on any atom is -0.396 e. The van der Waals surface area contributed by atoms with E-state index in [1.165, 1.54) is 5.56 Å². The van der Waals surface area contributed by atoms with E-state index in [0.717, 1.165) is 31.6 Å². The molecule has 0 radical (unpaired) electrons. The number of aliphatic hydroxyl groups is 1. The van der Waals surface area contributed by atoms with Gasteiger partial charge in [0.05, 0.1) is 6.54 Å². The first-order valence-corrected chi connectivity index (χ1v) is 6.40. The van der Waals surface area contributed by atoms with Gasteiger partial charge >= 0.3 is 0 Å². The molecule has 0 unspecified atom stereocenters. The van der Waals surface area contributed by atoms with Gasteiger partial charge in [-0.2, -0.15) is 0 Å². The molecule has 4 nitrogen and oxygen atoms in total. The van der Waals surface area contributed by atoms with Crippen LogP contribution in [0.3, 0.4) is 0 Å². The van der Waals surface area contributed by atoms with Crippen LogP contribution in [0.5, 0.6) is 0 Å². The first-order chi connectivity index (χ1) is 8.72. The van der Waals surface area contributed by atoms with Gasteiger partial charge in [0.2, 0.25) is 5.91 Å². The summed E-state index contributed by atoms with van der Waals surface area (Å²) in [5.41, 5.74) is 2.34. The van der Waals surface area contributed by atoms with Crippen molar-refractivity contribution in [3.63, 3.8) is 0 Å². The van der Waals surface area contributed by atoms with Crippen molar-refractivity contribution >= 4 is 11.6 Å². The summed E-state index contributed by atoms with van der Waals surface area (Å²) in [6, 6.07) is 8.15. The van der Waals surface area contributed by atoms with Crippen LogP contribution in [0.1, 0.15) is 12.0 Å². The topological polar surface area (TPSA) is 43.8 Å². The number of anilines is 1. The zero-order valence-electron chi connectivity index (χ0n) is 10.8. The van der Waals surface area contributed by atoms with Crippen molar-refractivity contribution in [2.45, 2.75) is 12.8 Å². The Balaban J connectivity index is 2.14. The molecule has 1 saturated heterocycles. The number of rotatable bonds is 4. The van der Waals surface area contributed by atoms with Gasteiger partial charge in [-0.05, 0) is 24.5 Å². The summed E-state index contributed by atoms with van der Waals surface area (Å²) < 4.78 is 0. The summed E-state index contributed by atoms with van der Waals surface area (Å²) in [6.07, 6.45) is 1.62. The average Bonchev–Trinajstić information content (AvgIpc) is 2.40. The van der Waals surface area contributed by atoms with Gasteiger partial charge in [0, 0.05) is 32.4 Å². The molecule has 0 saturated carbocycles. The van der Waals surface area contributed by atoms with Crippen molar-refractivity contribution < 1.29 is 9.90 Å². The molecule has 1 amide bonds. The molecule has 18 heavy (non-hydrogen) atoms. The number of hydrogen-bond acceptors (Lipinski definition) is 3. The Morgan fingerprint density at radius 1 is 1.28 bits per heavy atom. The fourth-order valence-corrected chi connectivity index (χ4v) is 2.26. The second kappa shape index (κ2) is 5.87. The lowest BCUT2D eigenvalue weighted by atomic mass is 10.1. The molecule has 0 spiro atoms. The molecular weight excluding hydrogens is 228 g/mol. The van der Waals surface area contributed by atoms with Crippen LogP contribution in [0, 0.1) is 0 Å². The number of nitrogens with zero attached hydrogens (tertiary/aromatic N) is 2. The molecule has 1 fully saturated rings. The normalized spacial score (nSPS) is 16.2. The lowest BCUT2D eigenvalue weighted by molar-refractivity contribution is -0.129. The van der Waals surface area contributed by atoms with Crippen LogP contribution in [0.2, 0.25) is 0 Å². The van der Waals surface area contributed by atoms with E-state index in [1.54, 1.807) is 4.90 Å². The number of benzene rings is 1. The Bertz CT molecular complexity index is 420. The van der Waals surface area contributed by atoms with Gasteiger partial charge in [0.25, 0.3) is 0 Å². The second-order valence-electron chi connectivity index (χ2n) is 4.69. The Hall–Kier alpha value is -1.55. The van der Waals surface area contributed by atoms with Gasteiger partial charge < -0.3 is 14.9 Å². The van der Waals surface area contributed by atoms with E-state index in [4.69, 9.17) is 5.11 Å². The monoisotopic (exact) mass is 248 g/mol. The standard InChI is InChI=1S/C14H20N2O2/c1-15-8-9-16(11-14(15)18)13-7-3-2-5-12(13)6-4-10-17/h2-3,5,7,17H,4,6,8-11H2,1H3. The summed E-state index contributed by atoms with van der Waals surface area (Å²) in [4.78, 5) is 15.7. The molecule has 98 valence electrons. The summed E-state index contributed by atoms with van der Waals surface area (Å²) in [7, 11) is 1.84. The van der Waals surface area contributed by atoms with Crippen LogP contribution < -0.4 is 4.90 Å². The minimum absolute atomic E-state index is 0.165. The first kappa shape index (κ1) is 12.9. The van der Waals surface area contributed by atoms with Crippen LogP contribution in [-0.4, -0.2) is 49.2 Å². The van der Waals surface area contributed by atoms with E-state index in [9.17, 15) is 4.79 Å². The Labute approximate surface area is 108 Å². The van der Waals surface area contributed by atoms with Crippen LogP contribution in [0.25, 0.3) is 0 Å². The SMILES string of the molecule is CN1CCN(c2ccccc2CCCO)CC1=O. The number of piperazine rings is 1. The smallest absolute Gasteiger partial charge is 0.241 e. The molecule has 4 heteroatoms. The Morgan fingerprint density at radius 2 is 2.06 bits per heavy atom. The van der Waals surface area contributed by atoms with Crippen LogP contribution in [-0.2, 0) is 11.2 Å². The van der Waals surface area contributed by atoms with Gasteiger partial charge in [0.15, 0.2) is 0 Å². The fourth-order valence-electron chi connectivity index (χ4n) is 2.26. The summed E-state index contributed by atoms with van der Waals surface area (Å²) in [6.45, 7) is 2.30. The van der Waals surface area contributed by atoms with Gasteiger partial charge in [-0.15, -0.1) is 0 Å². The van der Waals surface area contributed by atoms with Gasteiger partial charge in [-0.3, -0.25) is 4.79 Å². The highest BCUT2D eigenvalue weighted by Gasteiger charge is 2.22. The van der Waals surface area contributed by atoms with Crippen LogP contribution in [0.15, 0.2) is 24.3 Å². The van der Waals surface area contributed by atoms with E-state index in [-0.39, 0.29) is 12.5 Å². The lowest BCUT2D eigenvalue weighted by Crippen LogP contribution is -2.48. The average molecular weight is 248 g/mol. The molecule has 0 bridgehead atoms. The largest absolute Gasteiger partial charge is 0.396 e. The molecule has 1 aromatic carbocycles. The predicted molar refractivity (Wildman–Crippen MR) is 71.7 cm³/mol. The molecule has 2 rings (SSSR count). The molecule has 1 aliphatic rings. The third kappa shape index (κ3) is 2.82. The van der Waals surface area contributed by atoms with Crippen LogP contribution in [0.4, 0.5) is 5.69 Å². The molecule has 0 atom stereocenters. The van der Waals surface area contributed by atoms with Crippen molar-refractivity contribution in [3.05, 3.63) is 29.8 Å². The molecule has 0 aliphatic carbocycles. The van der Waals surface area contributed by atoms with Crippen molar-refractivity contribution in [2.24, 2.45) is 0 Å². The maximum Gasteiger partial charge on any atom is 0.241 e. The zero-order chi connectivity index (χ0) is 13.0. The van der Waals surface area contributed by atoms with Crippen molar-refractivity contribution in [2.75, 3.05) is 38.2 Å². The highest BCUT2D eigenvalue weighted by atomic mass is 16.2. The number of amides is 1. The van der Waals surface area contributed by atoms with Crippen molar-refractivity contribution in [1.82, 2.24) is 4.90 Å². The van der Waals surface area contributed by atoms with Crippen molar-refractivity contribution in [3.8, 4) is 0 Å². The van der Waals surface area contributed by atoms with E-state index >= 15 is 0 Å². The number of aliphatic hydroxyl groups excluding tert-OH is 1. The van der Waals surface area contributed by atoms with Gasteiger partial charge in [-0.25, -0.2) is 0 Å².